The number of nitrogens with zero attached hydrogens (tertiary/aromatic N) is 1. The molecule has 0 radical (unpaired) electrons. The van der Waals surface area contributed by atoms with Crippen LogP contribution in [0.25, 0.3) is 0 Å². The van der Waals surface area contributed by atoms with Gasteiger partial charge in [-0.3, -0.25) is 0 Å². The predicted octanol–water partition coefficient (Wildman–Crippen LogP) is 1.40. The highest BCUT2D eigenvalue weighted by molar-refractivity contribution is 7.88. The largest absolute Gasteiger partial charge is 0.316 e. The maximum Gasteiger partial charge on any atom is 0.216 e. The SMILES string of the molecule is CC1CNCCC1NS(=O)(=O)Cc1cccc(C#N)c1.Cl. The second-order valence-corrected chi connectivity index (χ2v) is 7.02. The molecule has 1 fully saturated rings. The summed E-state index contributed by atoms with van der Waals surface area (Å²) in [6, 6.07) is 8.72. The van der Waals surface area contributed by atoms with Gasteiger partial charge in [0, 0.05) is 6.04 Å². The zero-order valence-corrected chi connectivity index (χ0v) is 13.5. The summed E-state index contributed by atoms with van der Waals surface area (Å²) in [5.74, 6) is 0.197. The van der Waals surface area contributed by atoms with E-state index in [9.17, 15) is 8.42 Å². The van der Waals surface area contributed by atoms with Crippen LogP contribution in [0.5, 0.6) is 0 Å². The van der Waals surface area contributed by atoms with Gasteiger partial charge >= 0.3 is 0 Å². The topological polar surface area (TPSA) is 82.0 Å². The first-order chi connectivity index (χ1) is 9.50. The van der Waals surface area contributed by atoms with Gasteiger partial charge in [0.1, 0.15) is 0 Å². The first kappa shape index (κ1) is 17.9. The van der Waals surface area contributed by atoms with Crippen molar-refractivity contribution in [2.45, 2.75) is 25.1 Å². The number of nitrogens with one attached hydrogen (secondary N) is 2. The van der Waals surface area contributed by atoms with E-state index in [1.54, 1.807) is 24.3 Å². The number of hydrogen-bond acceptors (Lipinski definition) is 4. The Labute approximate surface area is 132 Å². The fourth-order valence-corrected chi connectivity index (χ4v) is 3.92. The number of piperidine rings is 1. The van der Waals surface area contributed by atoms with Crippen molar-refractivity contribution >= 4 is 22.4 Å². The van der Waals surface area contributed by atoms with Crippen LogP contribution in [0, 0.1) is 17.2 Å². The molecule has 0 bridgehead atoms. The molecule has 0 aliphatic carbocycles. The molecule has 2 atom stereocenters. The van der Waals surface area contributed by atoms with Crippen molar-refractivity contribution in [2.24, 2.45) is 5.92 Å². The molecule has 0 amide bonds. The van der Waals surface area contributed by atoms with Gasteiger partial charge in [0.05, 0.1) is 17.4 Å². The number of halogens is 1. The van der Waals surface area contributed by atoms with Crippen molar-refractivity contribution in [3.63, 3.8) is 0 Å². The number of sulfonamides is 1. The smallest absolute Gasteiger partial charge is 0.216 e. The van der Waals surface area contributed by atoms with E-state index in [4.69, 9.17) is 5.26 Å². The Kier molecular flexibility index (Phi) is 6.62. The van der Waals surface area contributed by atoms with E-state index >= 15 is 0 Å². The summed E-state index contributed by atoms with van der Waals surface area (Å²) >= 11 is 0. The van der Waals surface area contributed by atoms with Gasteiger partial charge in [0.25, 0.3) is 0 Å². The van der Waals surface area contributed by atoms with Crippen LogP contribution in [0.3, 0.4) is 0 Å². The van der Waals surface area contributed by atoms with Crippen LogP contribution in [-0.4, -0.2) is 27.5 Å². The van der Waals surface area contributed by atoms with Crippen molar-refractivity contribution in [1.82, 2.24) is 10.0 Å². The lowest BCUT2D eigenvalue weighted by molar-refractivity contribution is 0.328. The van der Waals surface area contributed by atoms with Gasteiger partial charge < -0.3 is 5.32 Å². The average Bonchev–Trinajstić information content (AvgIpc) is 2.41. The summed E-state index contributed by atoms with van der Waals surface area (Å²) in [6.07, 6.45) is 0.804. The van der Waals surface area contributed by atoms with Crippen molar-refractivity contribution < 1.29 is 8.42 Å². The van der Waals surface area contributed by atoms with Crippen LogP contribution in [-0.2, 0) is 15.8 Å². The minimum Gasteiger partial charge on any atom is -0.316 e. The molecule has 2 N–H and O–H groups in total. The molecule has 1 aliphatic heterocycles. The number of benzene rings is 1. The zero-order valence-electron chi connectivity index (χ0n) is 11.9. The molecule has 5 nitrogen and oxygen atoms in total. The second-order valence-electron chi connectivity index (χ2n) is 5.27. The minimum absolute atomic E-state index is 0. The summed E-state index contributed by atoms with van der Waals surface area (Å²) in [7, 11) is -3.38. The van der Waals surface area contributed by atoms with Crippen LogP contribution >= 0.6 is 12.4 Å². The number of rotatable bonds is 4. The summed E-state index contributed by atoms with van der Waals surface area (Å²) in [5.41, 5.74) is 1.12. The lowest BCUT2D eigenvalue weighted by atomic mass is 9.97. The fourth-order valence-electron chi connectivity index (χ4n) is 2.41. The highest BCUT2D eigenvalue weighted by atomic mass is 35.5. The molecular weight excluding hydrogens is 310 g/mol. The van der Waals surface area contributed by atoms with Gasteiger partial charge in [0.2, 0.25) is 10.0 Å². The zero-order chi connectivity index (χ0) is 14.6. The van der Waals surface area contributed by atoms with E-state index in [0.29, 0.717) is 11.1 Å². The molecule has 116 valence electrons. The molecule has 1 heterocycles. The molecule has 2 unspecified atom stereocenters. The molecule has 7 heteroatoms. The summed E-state index contributed by atoms with van der Waals surface area (Å²) in [5, 5.41) is 12.1. The second kappa shape index (κ2) is 7.76. The maximum absolute atomic E-state index is 12.2. The first-order valence-electron chi connectivity index (χ1n) is 6.70. The molecule has 1 aromatic rings. The van der Waals surface area contributed by atoms with E-state index in [1.165, 1.54) is 0 Å². The Morgan fingerprint density at radius 3 is 2.90 bits per heavy atom. The average molecular weight is 330 g/mol. The standard InChI is InChI=1S/C14H19N3O2S.ClH/c1-11-9-16-6-5-14(11)17-20(18,19)10-13-4-2-3-12(7-13)8-15;/h2-4,7,11,14,16-17H,5-6,9-10H2,1H3;1H. The van der Waals surface area contributed by atoms with Gasteiger partial charge in [-0.2, -0.15) is 5.26 Å². The molecule has 2 rings (SSSR count). The number of hydrogen-bond donors (Lipinski definition) is 2. The van der Waals surface area contributed by atoms with Crippen LogP contribution in [0.2, 0.25) is 0 Å². The van der Waals surface area contributed by atoms with E-state index in [0.717, 1.165) is 19.5 Å². The van der Waals surface area contributed by atoms with Crippen molar-refractivity contribution in [2.75, 3.05) is 13.1 Å². The minimum atomic E-state index is -3.38. The van der Waals surface area contributed by atoms with Crippen LogP contribution in [0.1, 0.15) is 24.5 Å². The molecule has 21 heavy (non-hydrogen) atoms. The molecule has 0 aromatic heterocycles. The lowest BCUT2D eigenvalue weighted by Crippen LogP contribution is -2.48. The highest BCUT2D eigenvalue weighted by Crippen LogP contribution is 2.14. The first-order valence-corrected chi connectivity index (χ1v) is 8.35. The molecule has 0 spiro atoms. The third-order valence-electron chi connectivity index (χ3n) is 3.53. The van der Waals surface area contributed by atoms with Gasteiger partial charge in [-0.15, -0.1) is 12.4 Å². The molecule has 0 saturated carbocycles. The maximum atomic E-state index is 12.2. The lowest BCUT2D eigenvalue weighted by Gasteiger charge is -2.29. The van der Waals surface area contributed by atoms with Gasteiger partial charge in [-0.1, -0.05) is 19.1 Å². The number of nitriles is 1. The van der Waals surface area contributed by atoms with E-state index in [2.05, 4.69) is 10.0 Å². The van der Waals surface area contributed by atoms with E-state index < -0.39 is 10.0 Å². The Hall–Kier alpha value is -1.13. The third kappa shape index (κ3) is 5.29. The van der Waals surface area contributed by atoms with E-state index in [-0.39, 0.29) is 30.1 Å². The Balaban J connectivity index is 0.00000220. The quantitative estimate of drug-likeness (QED) is 0.874. The molecule has 1 aromatic carbocycles. The summed E-state index contributed by atoms with van der Waals surface area (Å²) in [4.78, 5) is 0. The van der Waals surface area contributed by atoms with Crippen molar-refractivity contribution in [3.8, 4) is 6.07 Å². The summed E-state index contributed by atoms with van der Waals surface area (Å²) < 4.78 is 27.2. The Morgan fingerprint density at radius 2 is 2.24 bits per heavy atom. The van der Waals surface area contributed by atoms with Crippen LogP contribution in [0.4, 0.5) is 0 Å². The predicted molar refractivity (Wildman–Crippen MR) is 84.6 cm³/mol. The monoisotopic (exact) mass is 329 g/mol. The normalized spacial score (nSPS) is 22.1. The highest BCUT2D eigenvalue weighted by Gasteiger charge is 2.25. The molecular formula is C14H20ClN3O2S. The third-order valence-corrected chi connectivity index (χ3v) is 4.90. The van der Waals surface area contributed by atoms with Gasteiger partial charge in [-0.05, 0) is 43.1 Å². The van der Waals surface area contributed by atoms with Gasteiger partial charge in [-0.25, -0.2) is 13.1 Å². The van der Waals surface area contributed by atoms with E-state index in [1.807, 2.05) is 13.0 Å². The van der Waals surface area contributed by atoms with Crippen LogP contribution < -0.4 is 10.0 Å². The molecule has 1 aliphatic rings. The van der Waals surface area contributed by atoms with Gasteiger partial charge in [0.15, 0.2) is 0 Å². The summed E-state index contributed by atoms with van der Waals surface area (Å²) in [6.45, 7) is 3.70. The van der Waals surface area contributed by atoms with Crippen molar-refractivity contribution in [3.05, 3.63) is 35.4 Å². The molecule has 1 saturated heterocycles. The fraction of sp³-hybridized carbons (Fsp3) is 0.500. The Morgan fingerprint density at radius 1 is 1.48 bits per heavy atom. The van der Waals surface area contributed by atoms with Crippen LogP contribution in [0.15, 0.2) is 24.3 Å². The Bertz CT molecular complexity index is 613. The van der Waals surface area contributed by atoms with Crippen molar-refractivity contribution in [1.29, 1.82) is 5.26 Å².